The van der Waals surface area contributed by atoms with Crippen molar-refractivity contribution in [3.8, 4) is 11.3 Å². The molecule has 0 bridgehead atoms. The average molecular weight is 625 g/mol. The summed E-state index contributed by atoms with van der Waals surface area (Å²) in [6.07, 6.45) is 13.8. The fourth-order valence-electron chi connectivity index (χ4n) is 4.91. The Hall–Kier alpha value is -4.76. The minimum absolute atomic E-state index is 0.474. The molecule has 3 aromatic heterocycles. The van der Waals surface area contributed by atoms with Crippen LogP contribution in [0.4, 0.5) is 17.3 Å². The number of allylic oxidation sites excluding steroid dienone is 4. The standard InChI is InChI=1S/C18H25NO3.C17H17N5.C2H6/c1-5-15-7-9-16(10-8-15)13(3)11-19(6-2)12-17-14(4)21-18(20)22-17;1-12-5-6-14(18-2)10-16(12)22-17-20-9-7-15(21-17)13-4-3-8-19-11-13;1-2/h5,7,9,13H,1,6,8,10-12H2,2-4H3;3-11,18H,1-2H3,(H,20,21,22);1-2H3. The third kappa shape index (κ3) is 10.4. The molecule has 0 amide bonds. The van der Waals surface area contributed by atoms with Crippen LogP contribution in [0.1, 0.15) is 57.6 Å². The Bertz CT molecular complexity index is 1660. The Labute approximate surface area is 273 Å². The summed E-state index contributed by atoms with van der Waals surface area (Å²) in [7, 11) is 1.90. The second-order valence-electron chi connectivity index (χ2n) is 10.8. The monoisotopic (exact) mass is 624 g/mol. The van der Waals surface area contributed by atoms with Gasteiger partial charge in [-0.1, -0.05) is 64.1 Å². The van der Waals surface area contributed by atoms with E-state index in [1.807, 2.05) is 64.2 Å². The fraction of sp³-hybridized carbons (Fsp3) is 0.351. The van der Waals surface area contributed by atoms with Crippen molar-refractivity contribution in [2.45, 2.75) is 60.9 Å². The van der Waals surface area contributed by atoms with Crippen LogP contribution in [0, 0.1) is 19.8 Å². The van der Waals surface area contributed by atoms with Crippen LogP contribution in [-0.4, -0.2) is 40.0 Å². The van der Waals surface area contributed by atoms with Crippen LogP contribution >= 0.6 is 0 Å². The number of anilines is 3. The maximum atomic E-state index is 11.1. The Morgan fingerprint density at radius 1 is 1.09 bits per heavy atom. The van der Waals surface area contributed by atoms with Crippen LogP contribution in [0.15, 0.2) is 105 Å². The minimum Gasteiger partial charge on any atom is -0.396 e. The molecule has 0 spiro atoms. The lowest BCUT2D eigenvalue weighted by Gasteiger charge is -2.26. The summed E-state index contributed by atoms with van der Waals surface area (Å²) in [4.78, 5) is 26.4. The Morgan fingerprint density at radius 3 is 2.50 bits per heavy atom. The van der Waals surface area contributed by atoms with Gasteiger partial charge < -0.3 is 19.5 Å². The second-order valence-corrected chi connectivity index (χ2v) is 10.8. The first-order chi connectivity index (χ1) is 22.3. The molecule has 1 atom stereocenters. The summed E-state index contributed by atoms with van der Waals surface area (Å²) >= 11 is 0. The van der Waals surface area contributed by atoms with Crippen LogP contribution in [0.5, 0.6) is 0 Å². The Kier molecular flexibility index (Phi) is 14.2. The molecule has 1 aliphatic carbocycles. The van der Waals surface area contributed by atoms with Gasteiger partial charge in [-0.05, 0) is 80.6 Å². The van der Waals surface area contributed by atoms with Crippen LogP contribution in [0.25, 0.3) is 11.3 Å². The zero-order chi connectivity index (χ0) is 33.5. The predicted octanol–water partition coefficient (Wildman–Crippen LogP) is 8.49. The van der Waals surface area contributed by atoms with Gasteiger partial charge >= 0.3 is 5.82 Å². The zero-order valence-electron chi connectivity index (χ0n) is 28.3. The molecule has 46 heavy (non-hydrogen) atoms. The van der Waals surface area contributed by atoms with Gasteiger partial charge in [0.05, 0.1) is 12.2 Å². The van der Waals surface area contributed by atoms with E-state index >= 15 is 0 Å². The van der Waals surface area contributed by atoms with Crippen molar-refractivity contribution in [3.63, 3.8) is 0 Å². The molecule has 0 saturated carbocycles. The number of hydrogen-bond donors (Lipinski definition) is 2. The maximum Gasteiger partial charge on any atom is 0.519 e. The van der Waals surface area contributed by atoms with Gasteiger partial charge in [-0.15, -0.1) is 0 Å². The fourth-order valence-corrected chi connectivity index (χ4v) is 4.91. The number of aryl methyl sites for hydroxylation is 2. The molecule has 0 fully saturated rings. The third-order valence-electron chi connectivity index (χ3n) is 7.68. The van der Waals surface area contributed by atoms with Crippen LogP contribution in [0.2, 0.25) is 0 Å². The SMILES string of the molecule is C=CC1=CC=C(C(C)CN(CC)Cc2oc(=O)oc2C)CC1.CC.CNc1ccc(C)c(Nc2nccc(-c3cccnc3)n2)c1. The molecule has 9 nitrogen and oxygen atoms in total. The topological polar surface area (TPSA) is 109 Å². The number of nitrogens with zero attached hydrogens (tertiary/aromatic N) is 4. The number of nitrogens with one attached hydrogen (secondary N) is 2. The first kappa shape index (κ1) is 35.7. The van der Waals surface area contributed by atoms with E-state index in [9.17, 15) is 4.79 Å². The molecular weight excluding hydrogens is 576 g/mol. The first-order valence-corrected chi connectivity index (χ1v) is 15.9. The van der Waals surface area contributed by atoms with Gasteiger partial charge in [0.25, 0.3) is 0 Å². The molecule has 1 aromatic carbocycles. The van der Waals surface area contributed by atoms with E-state index in [0.717, 1.165) is 54.1 Å². The average Bonchev–Trinajstić information content (AvgIpc) is 3.42. The number of rotatable bonds is 11. The molecule has 244 valence electrons. The highest BCUT2D eigenvalue weighted by molar-refractivity contribution is 5.66. The van der Waals surface area contributed by atoms with Crippen molar-refractivity contribution in [2.75, 3.05) is 30.8 Å². The lowest BCUT2D eigenvalue weighted by Crippen LogP contribution is -2.29. The maximum absolute atomic E-state index is 11.1. The Morgan fingerprint density at radius 2 is 1.89 bits per heavy atom. The molecule has 2 N–H and O–H groups in total. The highest BCUT2D eigenvalue weighted by atomic mass is 16.6. The van der Waals surface area contributed by atoms with Crippen molar-refractivity contribution in [1.29, 1.82) is 0 Å². The van der Waals surface area contributed by atoms with E-state index in [4.69, 9.17) is 8.83 Å². The van der Waals surface area contributed by atoms with Crippen molar-refractivity contribution in [3.05, 3.63) is 119 Å². The summed E-state index contributed by atoms with van der Waals surface area (Å²) in [5.74, 6) is 1.63. The van der Waals surface area contributed by atoms with Crippen LogP contribution < -0.4 is 16.5 Å². The molecule has 9 heteroatoms. The lowest BCUT2D eigenvalue weighted by molar-refractivity contribution is 0.229. The van der Waals surface area contributed by atoms with E-state index in [2.05, 4.69) is 69.1 Å². The van der Waals surface area contributed by atoms with Crippen LogP contribution in [-0.2, 0) is 6.54 Å². The van der Waals surface area contributed by atoms with E-state index in [0.29, 0.717) is 29.9 Å². The number of pyridine rings is 1. The third-order valence-corrected chi connectivity index (χ3v) is 7.68. The largest absolute Gasteiger partial charge is 0.519 e. The van der Waals surface area contributed by atoms with Crippen molar-refractivity contribution in [1.82, 2.24) is 19.9 Å². The zero-order valence-corrected chi connectivity index (χ0v) is 28.3. The molecule has 1 aliphatic rings. The van der Waals surface area contributed by atoms with Gasteiger partial charge in [-0.25, -0.2) is 14.8 Å². The first-order valence-electron chi connectivity index (χ1n) is 15.9. The van der Waals surface area contributed by atoms with E-state index in [1.54, 1.807) is 25.5 Å². The van der Waals surface area contributed by atoms with Gasteiger partial charge in [0.2, 0.25) is 5.95 Å². The highest BCUT2D eigenvalue weighted by Gasteiger charge is 2.18. The van der Waals surface area contributed by atoms with E-state index in [-0.39, 0.29) is 0 Å². The second kappa shape index (κ2) is 18.3. The summed E-state index contributed by atoms with van der Waals surface area (Å²) in [5, 5.41) is 6.40. The molecule has 0 aliphatic heterocycles. The lowest BCUT2D eigenvalue weighted by atomic mass is 9.90. The molecule has 0 saturated heterocycles. The van der Waals surface area contributed by atoms with Crippen molar-refractivity contribution >= 4 is 17.3 Å². The van der Waals surface area contributed by atoms with E-state index < -0.39 is 5.82 Å². The molecule has 5 rings (SSSR count). The Balaban J connectivity index is 0.000000238. The number of benzene rings is 1. The highest BCUT2D eigenvalue weighted by Crippen LogP contribution is 2.26. The van der Waals surface area contributed by atoms with Crippen molar-refractivity contribution in [2.24, 2.45) is 5.92 Å². The minimum atomic E-state index is -0.617. The van der Waals surface area contributed by atoms with Crippen molar-refractivity contribution < 1.29 is 8.83 Å². The molecule has 0 radical (unpaired) electrons. The van der Waals surface area contributed by atoms with Crippen LogP contribution in [0.3, 0.4) is 0 Å². The summed E-state index contributed by atoms with van der Waals surface area (Å²) in [6, 6.07) is 11.9. The molecular formula is C37H48N6O3. The number of aromatic nitrogens is 3. The van der Waals surface area contributed by atoms with Gasteiger partial charge in [0.15, 0.2) is 5.76 Å². The van der Waals surface area contributed by atoms with Gasteiger partial charge in [-0.3, -0.25) is 9.88 Å². The predicted molar refractivity (Wildman–Crippen MR) is 188 cm³/mol. The van der Waals surface area contributed by atoms with E-state index in [1.165, 1.54) is 11.1 Å². The quantitative estimate of drug-likeness (QED) is 0.170. The molecule has 1 unspecified atom stereocenters. The number of hydrogen-bond acceptors (Lipinski definition) is 9. The smallest absolute Gasteiger partial charge is 0.396 e. The summed E-state index contributed by atoms with van der Waals surface area (Å²) < 4.78 is 10.0. The van der Waals surface area contributed by atoms with Gasteiger partial charge in [0.1, 0.15) is 5.76 Å². The van der Waals surface area contributed by atoms with Gasteiger partial charge in [0, 0.05) is 49.1 Å². The normalized spacial score (nSPS) is 12.9. The molecule has 3 heterocycles. The van der Waals surface area contributed by atoms with Gasteiger partial charge in [-0.2, -0.15) is 0 Å². The summed E-state index contributed by atoms with van der Waals surface area (Å²) in [6.45, 7) is 18.5. The summed E-state index contributed by atoms with van der Waals surface area (Å²) in [5.41, 5.74) is 7.73. The molecule has 4 aromatic rings.